The van der Waals surface area contributed by atoms with E-state index >= 15 is 0 Å². The molecule has 0 bridgehead atoms. The first-order valence-corrected chi connectivity index (χ1v) is 29.6. The van der Waals surface area contributed by atoms with E-state index in [2.05, 4.69) is 59.6 Å². The van der Waals surface area contributed by atoms with Crippen LogP contribution < -0.4 is 31.9 Å². The maximum absolute atomic E-state index is 14.2. The average molecular weight is 1140 g/mol. The molecule has 6 aliphatic carbocycles. The molecule has 21 heteroatoms. The first kappa shape index (κ1) is 63.4. The topological polar surface area (TPSA) is 280 Å². The summed E-state index contributed by atoms with van der Waals surface area (Å²) in [4.78, 5) is 123. The van der Waals surface area contributed by atoms with Gasteiger partial charge in [0.25, 0.3) is 11.8 Å². The number of likely N-dealkylation sites (tertiary alicyclic amines) is 2. The van der Waals surface area contributed by atoms with E-state index in [0.29, 0.717) is 38.8 Å². The van der Waals surface area contributed by atoms with Crippen molar-refractivity contribution in [2.75, 3.05) is 13.1 Å². The third-order valence-electron chi connectivity index (χ3n) is 18.3. The van der Waals surface area contributed by atoms with E-state index in [-0.39, 0.29) is 82.0 Å². The predicted molar refractivity (Wildman–Crippen MR) is 300 cm³/mol. The summed E-state index contributed by atoms with van der Waals surface area (Å²) in [5.74, 6) is -2.24. The predicted octanol–water partition coefficient (Wildman–Crippen LogP) is 5.24. The minimum atomic E-state index is -1.36. The van der Waals surface area contributed by atoms with Crippen LogP contribution in [0.5, 0.6) is 0 Å². The van der Waals surface area contributed by atoms with Gasteiger partial charge < -0.3 is 61.0 Å². The van der Waals surface area contributed by atoms with Gasteiger partial charge >= 0.3 is 18.2 Å². The molecule has 0 aromatic carbocycles. The van der Waals surface area contributed by atoms with Crippen LogP contribution in [0.25, 0.3) is 0 Å². The fourth-order valence-corrected chi connectivity index (χ4v) is 13.7. The van der Waals surface area contributed by atoms with E-state index in [4.69, 9.17) is 14.2 Å². The molecule has 0 radical (unpaired) electrons. The van der Waals surface area contributed by atoms with Crippen LogP contribution in [0.4, 0.5) is 9.59 Å². The van der Waals surface area contributed by atoms with Gasteiger partial charge in [-0.3, -0.25) is 33.6 Å². The number of nitrogens with zero attached hydrogens (tertiary/aromatic N) is 2. The second-order valence-electron chi connectivity index (χ2n) is 30.9. The molecule has 10 atom stereocenters. The largest absolute Gasteiger partial charge is 0.450 e. The van der Waals surface area contributed by atoms with Gasteiger partial charge in [0.2, 0.25) is 29.7 Å². The van der Waals surface area contributed by atoms with Crippen molar-refractivity contribution in [3.05, 3.63) is 0 Å². The number of aliphatic hydroxyl groups is 1. The molecule has 8 rings (SSSR count). The van der Waals surface area contributed by atoms with Crippen LogP contribution in [0, 0.1) is 57.2 Å². The van der Waals surface area contributed by atoms with E-state index in [0.717, 1.165) is 25.7 Å². The van der Waals surface area contributed by atoms with Crippen molar-refractivity contribution >= 4 is 53.6 Å². The Morgan fingerprint density at radius 1 is 0.543 bits per heavy atom. The highest BCUT2D eigenvalue weighted by atomic mass is 16.6. The zero-order chi connectivity index (χ0) is 60.9. The number of aliphatic hydroxyl groups excluding tert-OH is 1. The van der Waals surface area contributed by atoms with E-state index in [1.54, 1.807) is 51.3 Å². The number of carbonyl (C=O) groups excluding carboxylic acids is 9. The summed E-state index contributed by atoms with van der Waals surface area (Å²) in [7, 11) is 0. The monoisotopic (exact) mass is 1140 g/mol. The molecule has 2 unspecified atom stereocenters. The number of hydrogen-bond donors (Lipinski definition) is 7. The second-order valence-corrected chi connectivity index (χ2v) is 30.9. The number of hydrogen-bond acceptors (Lipinski definition) is 13. The van der Waals surface area contributed by atoms with Gasteiger partial charge in [0.05, 0.1) is 11.1 Å². The van der Waals surface area contributed by atoms with Gasteiger partial charge in [0.1, 0.15) is 35.4 Å². The number of amides is 8. The molecule has 81 heavy (non-hydrogen) atoms. The van der Waals surface area contributed by atoms with Crippen molar-refractivity contribution in [1.29, 1.82) is 0 Å². The van der Waals surface area contributed by atoms with Gasteiger partial charge in [-0.2, -0.15) is 0 Å². The lowest BCUT2D eigenvalue weighted by Crippen LogP contribution is -2.70. The van der Waals surface area contributed by atoms with Crippen LogP contribution in [-0.4, -0.2) is 152 Å². The molecule has 456 valence electrons. The van der Waals surface area contributed by atoms with Gasteiger partial charge in [-0.1, -0.05) is 83.1 Å². The fourth-order valence-electron chi connectivity index (χ4n) is 13.7. The molecule has 0 aromatic rings. The molecule has 0 spiro atoms. The third-order valence-corrected chi connectivity index (χ3v) is 18.3. The van der Waals surface area contributed by atoms with Gasteiger partial charge in [-0.15, -0.1) is 0 Å². The lowest BCUT2D eigenvalue weighted by molar-refractivity contribution is -0.167. The third kappa shape index (κ3) is 13.9. The summed E-state index contributed by atoms with van der Waals surface area (Å²) in [5.41, 5.74) is -5.15. The van der Waals surface area contributed by atoms with Crippen molar-refractivity contribution < 1.29 is 62.5 Å². The molecular weight excluding hydrogens is 1040 g/mol. The average Bonchev–Trinajstić information content (AvgIpc) is 4.46. The molecule has 0 aromatic heterocycles. The number of fused-ring (bicyclic) bond motifs is 2. The lowest BCUT2D eigenvalue weighted by atomic mass is 9.65. The Labute approximate surface area is 480 Å². The Balaban J connectivity index is 0.000000234. The number of rotatable bonds is 15. The Morgan fingerprint density at radius 2 is 0.889 bits per heavy atom. The van der Waals surface area contributed by atoms with Crippen LogP contribution in [0.3, 0.4) is 0 Å². The Bertz CT molecular complexity index is 2480. The second kappa shape index (κ2) is 21.8. The molecule has 8 amide bonds. The maximum Gasteiger partial charge on any atom is 0.408 e. The minimum absolute atomic E-state index is 0.0458. The minimum Gasteiger partial charge on any atom is -0.450 e. The highest BCUT2D eigenvalue weighted by Gasteiger charge is 2.72. The zero-order valence-corrected chi connectivity index (χ0v) is 51.9. The highest BCUT2D eigenvalue weighted by Crippen LogP contribution is 2.66. The van der Waals surface area contributed by atoms with Crippen LogP contribution in [0.2, 0.25) is 0 Å². The summed E-state index contributed by atoms with van der Waals surface area (Å²) in [6.07, 6.45) is 1.55. The van der Waals surface area contributed by atoms with Crippen LogP contribution in [0.1, 0.15) is 183 Å². The highest BCUT2D eigenvalue weighted by molar-refractivity contribution is 5.96. The first-order chi connectivity index (χ1) is 36.9. The SMILES string of the molecule is CC(=O)OC(C(=O)NC1CC1)C1(NC(=O)[C@@H]2[C@@H]3[C@H](CN2C(=O)[C@@H](NC(=O)OC(C)(C)C)C(C)(C)C)C3(C)C)CC(C)C1.CC1CC(NC(=O)[C@@H]2[C@@H]3[C@H](CN2C(=O)[C@@H](NC(=O)OC(C)(C)C)C(C)(C)C)C3(C)C)(C(O)C(=O)NC2CC2)C1. The van der Waals surface area contributed by atoms with Crippen LogP contribution in [0.15, 0.2) is 0 Å². The van der Waals surface area contributed by atoms with Gasteiger partial charge in [0, 0.05) is 32.1 Å². The molecular formula is C60H98N8O13. The summed E-state index contributed by atoms with van der Waals surface area (Å²) in [6, 6.07) is -3.23. The maximum atomic E-state index is 14.2. The van der Waals surface area contributed by atoms with Crippen molar-refractivity contribution in [3.8, 4) is 0 Å². The molecule has 6 saturated carbocycles. The number of piperidine rings is 2. The van der Waals surface area contributed by atoms with Gasteiger partial charge in [0.15, 0.2) is 6.10 Å². The molecule has 8 aliphatic rings. The normalized spacial score (nSPS) is 31.9. The van der Waals surface area contributed by atoms with Crippen molar-refractivity contribution in [2.24, 2.45) is 57.2 Å². The number of alkyl carbamates (subject to hydrolysis) is 2. The fraction of sp³-hybridized carbons (Fsp3) is 0.850. The molecule has 2 aliphatic heterocycles. The van der Waals surface area contributed by atoms with E-state index in [1.807, 2.05) is 55.4 Å². The standard InChI is InChI=1S/C31H50N4O7.C29H48N4O6/c1-16-13-31(14-16,23(41-17(2)36)25(38)32-18-11-12-18)34-24(37)21-20-19(30(20,9)10)15-35(21)26(39)22(28(3,4)5)33-27(40)42-29(6,7)8;1-15-12-29(13-15,21(34)23(36)30-16-10-11-16)32-22(35)19-18-17(28(18,8)9)14-33(19)24(37)20(26(2,3)4)31-25(38)39-27(5,6)7/h16,18-23H,11-15H2,1-10H3,(H,32,38)(H,33,40)(H,34,37);15-21,34H,10-14H2,1-9H3,(H,30,36)(H,31,38)(H,32,35)/t16?,19-,20-,21-,22+,23?,31?;15?,17-,18-,19-,20+,21?,29?/m00/s1. The Morgan fingerprint density at radius 3 is 1.21 bits per heavy atom. The summed E-state index contributed by atoms with van der Waals surface area (Å²) >= 11 is 0. The van der Waals surface area contributed by atoms with Gasteiger partial charge in [-0.05, 0) is 150 Å². The number of esters is 1. The molecule has 2 heterocycles. The van der Waals surface area contributed by atoms with E-state index in [9.17, 15) is 48.3 Å². The van der Waals surface area contributed by atoms with E-state index in [1.165, 1.54) is 6.92 Å². The summed E-state index contributed by atoms with van der Waals surface area (Å²) in [5, 5.41) is 28.5. The summed E-state index contributed by atoms with van der Waals surface area (Å²) in [6.45, 7) is 36.2. The van der Waals surface area contributed by atoms with Crippen molar-refractivity contribution in [1.82, 2.24) is 41.7 Å². The molecule has 8 fully saturated rings. The molecule has 2 saturated heterocycles. The Kier molecular flexibility index (Phi) is 17.0. The zero-order valence-electron chi connectivity index (χ0n) is 51.9. The molecule has 7 N–H and O–H groups in total. The molecule has 21 nitrogen and oxygen atoms in total. The summed E-state index contributed by atoms with van der Waals surface area (Å²) < 4.78 is 16.4. The Hall–Kier alpha value is -5.21. The lowest BCUT2D eigenvalue weighted by Gasteiger charge is -2.50. The number of ether oxygens (including phenoxy) is 3. The van der Waals surface area contributed by atoms with E-state index < -0.39 is 99.5 Å². The van der Waals surface area contributed by atoms with Crippen LogP contribution >= 0.6 is 0 Å². The quantitative estimate of drug-likeness (QED) is 0.0818. The van der Waals surface area contributed by atoms with Crippen LogP contribution in [-0.2, 0) is 47.8 Å². The number of carbonyl (C=O) groups is 9. The first-order valence-electron chi connectivity index (χ1n) is 29.6. The van der Waals surface area contributed by atoms with Crippen molar-refractivity contribution in [3.63, 3.8) is 0 Å². The van der Waals surface area contributed by atoms with Crippen molar-refractivity contribution in [2.45, 2.75) is 254 Å². The smallest absolute Gasteiger partial charge is 0.408 e. The van der Waals surface area contributed by atoms with Gasteiger partial charge in [-0.25, -0.2) is 9.59 Å². The number of nitrogens with one attached hydrogen (secondary N) is 6.